The van der Waals surface area contributed by atoms with Crippen molar-refractivity contribution in [3.63, 3.8) is 0 Å². The molecule has 0 N–H and O–H groups in total. The maximum absolute atomic E-state index is 12.8. The molecule has 7 heteroatoms. The monoisotopic (exact) mass is 309 g/mol. The van der Waals surface area contributed by atoms with Gasteiger partial charge in [-0.1, -0.05) is 17.3 Å². The lowest BCUT2D eigenvalue weighted by Gasteiger charge is -2.21. The highest BCUT2D eigenvalue weighted by Crippen LogP contribution is 2.31. The minimum absolute atomic E-state index is 0.151. The molecule has 7 nitrogen and oxygen atoms in total. The molecule has 1 atom stereocenters. The third-order valence-corrected chi connectivity index (χ3v) is 4.01. The Morgan fingerprint density at radius 3 is 2.87 bits per heavy atom. The maximum atomic E-state index is 12.8. The zero-order valence-corrected chi connectivity index (χ0v) is 12.6. The van der Waals surface area contributed by atoms with E-state index in [1.54, 1.807) is 11.8 Å². The van der Waals surface area contributed by atoms with Gasteiger partial charge in [0.2, 0.25) is 5.89 Å². The molecule has 3 heterocycles. The largest absolute Gasteiger partial charge is 0.337 e. The quantitative estimate of drug-likeness (QED) is 0.722. The number of hydrogen-bond donors (Lipinski definition) is 0. The van der Waals surface area contributed by atoms with Crippen LogP contribution < -0.4 is 0 Å². The average molecular weight is 309 g/mol. The second-order valence-corrected chi connectivity index (χ2v) is 5.58. The third-order valence-electron chi connectivity index (χ3n) is 4.01. The summed E-state index contributed by atoms with van der Waals surface area (Å²) in [5.74, 6) is 0.911. The van der Waals surface area contributed by atoms with Crippen LogP contribution in [0.2, 0.25) is 0 Å². The fourth-order valence-corrected chi connectivity index (χ4v) is 2.92. The highest BCUT2D eigenvalue weighted by Gasteiger charge is 2.35. The summed E-state index contributed by atoms with van der Waals surface area (Å²) >= 11 is 0. The Kier molecular flexibility index (Phi) is 3.25. The average Bonchev–Trinajstić information content (AvgIpc) is 3.22. The lowest BCUT2D eigenvalue weighted by molar-refractivity contribution is 0.0704. The molecule has 3 aromatic rings. The van der Waals surface area contributed by atoms with Gasteiger partial charge in [-0.25, -0.2) is 4.98 Å². The smallest absolute Gasteiger partial charge is 0.274 e. The molecule has 0 saturated carbocycles. The highest BCUT2D eigenvalue weighted by molar-refractivity contribution is 5.94. The number of aryl methyl sites for hydroxylation is 1. The molecule has 1 amide bonds. The number of rotatable bonds is 2. The van der Waals surface area contributed by atoms with Crippen molar-refractivity contribution in [1.29, 1.82) is 0 Å². The van der Waals surface area contributed by atoms with Crippen LogP contribution in [0.3, 0.4) is 0 Å². The Hall–Kier alpha value is -2.83. The van der Waals surface area contributed by atoms with Crippen LogP contribution in [-0.4, -0.2) is 37.5 Å². The van der Waals surface area contributed by atoms with E-state index in [4.69, 9.17) is 4.52 Å². The van der Waals surface area contributed by atoms with Gasteiger partial charge in [0.05, 0.1) is 17.2 Å². The van der Waals surface area contributed by atoms with Crippen molar-refractivity contribution < 1.29 is 9.32 Å². The van der Waals surface area contributed by atoms with Gasteiger partial charge in [0, 0.05) is 6.54 Å². The molecule has 0 bridgehead atoms. The van der Waals surface area contributed by atoms with Crippen LogP contribution in [-0.2, 0) is 0 Å². The number of amides is 1. The standard InChI is InChI=1S/C16H15N5O2/c1-10-18-15(23-20-10)14-7-4-8-21(14)16(22)13-9-17-11-5-2-3-6-12(11)19-13/h2-3,5-6,9,14H,4,7-8H2,1H3. The molecule has 116 valence electrons. The molecule has 1 saturated heterocycles. The van der Waals surface area contributed by atoms with E-state index in [0.29, 0.717) is 29.5 Å². The van der Waals surface area contributed by atoms with Crippen LogP contribution in [0.15, 0.2) is 35.0 Å². The lowest BCUT2D eigenvalue weighted by Crippen LogP contribution is -2.31. The van der Waals surface area contributed by atoms with Gasteiger partial charge in [0.1, 0.15) is 11.7 Å². The van der Waals surface area contributed by atoms with Gasteiger partial charge in [-0.05, 0) is 31.9 Å². The van der Waals surface area contributed by atoms with E-state index in [1.165, 1.54) is 6.20 Å². The summed E-state index contributed by atoms with van der Waals surface area (Å²) in [4.78, 5) is 27.6. The fourth-order valence-electron chi connectivity index (χ4n) is 2.92. The van der Waals surface area contributed by atoms with Gasteiger partial charge >= 0.3 is 0 Å². The minimum Gasteiger partial charge on any atom is -0.337 e. The number of likely N-dealkylation sites (tertiary alicyclic amines) is 1. The van der Waals surface area contributed by atoms with Gasteiger partial charge in [-0.2, -0.15) is 4.98 Å². The molecule has 0 aliphatic carbocycles. The topological polar surface area (TPSA) is 85.0 Å². The summed E-state index contributed by atoms with van der Waals surface area (Å²) in [6, 6.07) is 7.31. The Balaban J connectivity index is 1.66. The van der Waals surface area contributed by atoms with Gasteiger partial charge in [-0.15, -0.1) is 0 Å². The number of hydrogen-bond acceptors (Lipinski definition) is 6. The van der Waals surface area contributed by atoms with Crippen molar-refractivity contribution >= 4 is 16.9 Å². The third kappa shape index (κ3) is 2.44. The van der Waals surface area contributed by atoms with Gasteiger partial charge in [0.15, 0.2) is 5.82 Å². The van der Waals surface area contributed by atoms with E-state index in [0.717, 1.165) is 18.4 Å². The first-order valence-corrected chi connectivity index (χ1v) is 7.55. The number of carbonyl (C=O) groups is 1. The summed E-state index contributed by atoms with van der Waals surface area (Å²) < 4.78 is 5.24. The Morgan fingerprint density at radius 2 is 2.09 bits per heavy atom. The van der Waals surface area contributed by atoms with Crippen molar-refractivity contribution in [3.8, 4) is 0 Å². The first-order chi connectivity index (χ1) is 11.2. The molecular weight excluding hydrogens is 294 g/mol. The fraction of sp³-hybridized carbons (Fsp3) is 0.312. The summed E-state index contributed by atoms with van der Waals surface area (Å²) in [5, 5.41) is 3.82. The van der Waals surface area contributed by atoms with Crippen molar-refractivity contribution in [2.75, 3.05) is 6.54 Å². The lowest BCUT2D eigenvalue weighted by atomic mass is 10.2. The molecule has 1 aromatic carbocycles. The Morgan fingerprint density at radius 1 is 1.26 bits per heavy atom. The first-order valence-electron chi connectivity index (χ1n) is 7.55. The van der Waals surface area contributed by atoms with Crippen molar-refractivity contribution in [3.05, 3.63) is 47.9 Å². The Labute approximate surface area is 132 Å². The Bertz CT molecular complexity index is 876. The molecule has 0 spiro atoms. The highest BCUT2D eigenvalue weighted by atomic mass is 16.5. The predicted octanol–water partition coefficient (Wildman–Crippen LogP) is 2.30. The van der Waals surface area contributed by atoms with E-state index in [1.807, 2.05) is 24.3 Å². The van der Waals surface area contributed by atoms with Gasteiger partial charge in [0.25, 0.3) is 5.91 Å². The molecule has 23 heavy (non-hydrogen) atoms. The van der Waals surface area contributed by atoms with E-state index >= 15 is 0 Å². The van der Waals surface area contributed by atoms with Gasteiger partial charge < -0.3 is 9.42 Å². The molecule has 4 rings (SSSR count). The number of benzene rings is 1. The van der Waals surface area contributed by atoms with Gasteiger partial charge in [-0.3, -0.25) is 9.78 Å². The van der Waals surface area contributed by atoms with E-state index in [9.17, 15) is 4.79 Å². The predicted molar refractivity (Wildman–Crippen MR) is 81.6 cm³/mol. The molecule has 1 aliphatic heterocycles. The number of fused-ring (bicyclic) bond motifs is 1. The molecule has 1 unspecified atom stereocenters. The van der Waals surface area contributed by atoms with E-state index in [2.05, 4.69) is 20.1 Å². The van der Waals surface area contributed by atoms with Crippen LogP contribution in [0.25, 0.3) is 11.0 Å². The van der Waals surface area contributed by atoms with Crippen molar-refractivity contribution in [1.82, 2.24) is 25.0 Å². The molecular formula is C16H15N5O2. The normalized spacial score (nSPS) is 17.8. The number of para-hydroxylation sites is 2. The number of aromatic nitrogens is 4. The van der Waals surface area contributed by atoms with Crippen LogP contribution in [0.4, 0.5) is 0 Å². The molecule has 2 aromatic heterocycles. The van der Waals surface area contributed by atoms with E-state index < -0.39 is 0 Å². The summed E-state index contributed by atoms with van der Waals surface area (Å²) in [6.07, 6.45) is 3.24. The van der Waals surface area contributed by atoms with Crippen LogP contribution >= 0.6 is 0 Å². The second-order valence-electron chi connectivity index (χ2n) is 5.58. The SMILES string of the molecule is Cc1noc(C2CCCN2C(=O)c2cnc3ccccc3n2)n1. The zero-order chi connectivity index (χ0) is 15.8. The molecule has 0 radical (unpaired) electrons. The van der Waals surface area contributed by atoms with E-state index in [-0.39, 0.29) is 11.9 Å². The second kappa shape index (κ2) is 5.42. The minimum atomic E-state index is -0.183. The van der Waals surface area contributed by atoms with Crippen LogP contribution in [0.1, 0.15) is 41.1 Å². The van der Waals surface area contributed by atoms with Crippen molar-refractivity contribution in [2.45, 2.75) is 25.8 Å². The van der Waals surface area contributed by atoms with Crippen LogP contribution in [0.5, 0.6) is 0 Å². The van der Waals surface area contributed by atoms with Crippen LogP contribution in [0, 0.1) is 6.92 Å². The molecule has 1 fully saturated rings. The first kappa shape index (κ1) is 13.8. The molecule has 1 aliphatic rings. The summed E-state index contributed by atoms with van der Waals surface area (Å²) in [6.45, 7) is 2.42. The number of nitrogens with zero attached hydrogens (tertiary/aromatic N) is 5. The summed E-state index contributed by atoms with van der Waals surface area (Å²) in [7, 11) is 0. The van der Waals surface area contributed by atoms with Crippen molar-refractivity contribution in [2.24, 2.45) is 0 Å². The zero-order valence-electron chi connectivity index (χ0n) is 12.6. The maximum Gasteiger partial charge on any atom is 0.274 e. The summed E-state index contributed by atoms with van der Waals surface area (Å²) in [5.41, 5.74) is 1.82. The number of carbonyl (C=O) groups excluding carboxylic acids is 1.